The molecule has 10 heteroatoms. The number of aromatic nitrogens is 3. The number of carbonyl (C=O) groups is 2. The number of amides is 2. The molecule has 2 aromatic rings. The summed E-state index contributed by atoms with van der Waals surface area (Å²) in [6.45, 7) is 5.78. The van der Waals surface area contributed by atoms with Crippen LogP contribution in [0.1, 0.15) is 31.6 Å². The molecule has 0 aliphatic heterocycles. The smallest absolute Gasteiger partial charge is 0.405 e. The molecule has 0 radical (unpaired) electrons. The lowest BCUT2D eigenvalue weighted by Crippen LogP contribution is -2.19. The highest BCUT2D eigenvalue weighted by molar-refractivity contribution is 5.96. The van der Waals surface area contributed by atoms with Crippen LogP contribution in [0, 0.1) is 5.92 Å². The van der Waals surface area contributed by atoms with Crippen LogP contribution >= 0.6 is 0 Å². The SMILES string of the molecule is C=CC[C@H](OC(N)=O)c1ccnc(-c2c(NC(=O)[C@H](C)C=C)cnn2C(F)F)c1. The van der Waals surface area contributed by atoms with Gasteiger partial charge in [-0.1, -0.05) is 19.1 Å². The number of rotatable bonds is 9. The molecule has 2 rings (SSSR count). The van der Waals surface area contributed by atoms with E-state index in [1.165, 1.54) is 24.4 Å². The Kier molecular flexibility index (Phi) is 7.18. The van der Waals surface area contributed by atoms with Gasteiger partial charge in [-0.3, -0.25) is 9.78 Å². The van der Waals surface area contributed by atoms with Crippen molar-refractivity contribution in [2.75, 3.05) is 5.32 Å². The maximum absolute atomic E-state index is 13.5. The van der Waals surface area contributed by atoms with E-state index in [2.05, 4.69) is 28.6 Å². The number of pyridine rings is 1. The van der Waals surface area contributed by atoms with Crippen LogP contribution in [-0.4, -0.2) is 26.8 Å². The van der Waals surface area contributed by atoms with Gasteiger partial charge >= 0.3 is 12.6 Å². The molecule has 0 aliphatic rings. The predicted molar refractivity (Wildman–Crippen MR) is 103 cm³/mol. The van der Waals surface area contributed by atoms with Crippen LogP contribution in [0.5, 0.6) is 0 Å². The second kappa shape index (κ2) is 9.58. The summed E-state index contributed by atoms with van der Waals surface area (Å²) in [5.41, 5.74) is 5.63. The number of alkyl halides is 2. The molecular formula is C19H21F2N5O3. The number of nitrogens with two attached hydrogens (primary N) is 1. The van der Waals surface area contributed by atoms with Crippen molar-refractivity contribution < 1.29 is 23.1 Å². The Balaban J connectivity index is 2.51. The summed E-state index contributed by atoms with van der Waals surface area (Å²) in [5.74, 6) is -0.981. The summed E-state index contributed by atoms with van der Waals surface area (Å²) in [6, 6.07) is 3.02. The fourth-order valence-corrected chi connectivity index (χ4v) is 2.53. The lowest BCUT2D eigenvalue weighted by Gasteiger charge is -2.17. The van der Waals surface area contributed by atoms with Gasteiger partial charge in [-0.2, -0.15) is 18.6 Å². The molecule has 0 fully saturated rings. The largest absolute Gasteiger partial charge is 0.441 e. The predicted octanol–water partition coefficient (Wildman–Crippen LogP) is 3.81. The highest BCUT2D eigenvalue weighted by Gasteiger charge is 2.23. The minimum absolute atomic E-state index is 0.0599. The van der Waals surface area contributed by atoms with Crippen molar-refractivity contribution in [3.05, 3.63) is 55.4 Å². The average molecular weight is 405 g/mol. The van der Waals surface area contributed by atoms with Gasteiger partial charge in [0.25, 0.3) is 0 Å². The number of primary amides is 1. The third kappa shape index (κ3) is 5.24. The topological polar surface area (TPSA) is 112 Å². The Labute approximate surface area is 166 Å². The molecule has 2 atom stereocenters. The Morgan fingerprint density at radius 1 is 1.41 bits per heavy atom. The second-order valence-electron chi connectivity index (χ2n) is 6.07. The van der Waals surface area contributed by atoms with E-state index in [4.69, 9.17) is 10.5 Å². The van der Waals surface area contributed by atoms with Crippen LogP contribution in [0.4, 0.5) is 19.3 Å². The molecule has 0 spiro atoms. The van der Waals surface area contributed by atoms with Crippen LogP contribution in [-0.2, 0) is 9.53 Å². The van der Waals surface area contributed by atoms with Gasteiger partial charge in [0.15, 0.2) is 0 Å². The molecule has 2 heterocycles. The molecule has 154 valence electrons. The number of halogens is 2. The maximum Gasteiger partial charge on any atom is 0.405 e. The molecule has 8 nitrogen and oxygen atoms in total. The number of nitrogens with zero attached hydrogens (tertiary/aromatic N) is 3. The summed E-state index contributed by atoms with van der Waals surface area (Å²) >= 11 is 0. The highest BCUT2D eigenvalue weighted by Crippen LogP contribution is 2.32. The van der Waals surface area contributed by atoms with Gasteiger partial charge in [-0.25, -0.2) is 4.79 Å². The summed E-state index contributed by atoms with van der Waals surface area (Å²) in [5, 5.41) is 6.21. The Morgan fingerprint density at radius 2 is 2.14 bits per heavy atom. The zero-order valence-corrected chi connectivity index (χ0v) is 15.7. The molecule has 0 unspecified atom stereocenters. The van der Waals surface area contributed by atoms with Gasteiger partial charge in [0.05, 0.1) is 23.5 Å². The third-order valence-corrected chi connectivity index (χ3v) is 4.04. The number of carbonyl (C=O) groups excluding carboxylic acids is 2. The number of anilines is 1. The highest BCUT2D eigenvalue weighted by atomic mass is 19.3. The summed E-state index contributed by atoms with van der Waals surface area (Å²) in [7, 11) is 0. The Hall–Kier alpha value is -3.56. The van der Waals surface area contributed by atoms with Crippen molar-refractivity contribution in [3.63, 3.8) is 0 Å². The molecule has 2 amide bonds. The fraction of sp³-hybridized carbons (Fsp3) is 0.263. The van der Waals surface area contributed by atoms with Crippen molar-refractivity contribution in [2.24, 2.45) is 11.7 Å². The van der Waals surface area contributed by atoms with E-state index in [9.17, 15) is 18.4 Å². The molecule has 2 aromatic heterocycles. The van der Waals surface area contributed by atoms with Gasteiger partial charge in [0.2, 0.25) is 5.91 Å². The third-order valence-electron chi connectivity index (χ3n) is 4.04. The van der Waals surface area contributed by atoms with E-state index in [1.807, 2.05) is 0 Å². The Morgan fingerprint density at radius 3 is 2.72 bits per heavy atom. The van der Waals surface area contributed by atoms with Crippen LogP contribution < -0.4 is 11.1 Å². The van der Waals surface area contributed by atoms with Crippen molar-refractivity contribution in [1.29, 1.82) is 0 Å². The first-order valence-electron chi connectivity index (χ1n) is 8.60. The van der Waals surface area contributed by atoms with E-state index >= 15 is 0 Å². The molecular weight excluding hydrogens is 384 g/mol. The summed E-state index contributed by atoms with van der Waals surface area (Å²) in [4.78, 5) is 27.5. The lowest BCUT2D eigenvalue weighted by atomic mass is 10.1. The zero-order valence-electron chi connectivity index (χ0n) is 15.7. The monoisotopic (exact) mass is 405 g/mol. The van der Waals surface area contributed by atoms with Crippen molar-refractivity contribution >= 4 is 17.7 Å². The fourth-order valence-electron chi connectivity index (χ4n) is 2.53. The number of hydrogen-bond acceptors (Lipinski definition) is 5. The maximum atomic E-state index is 13.5. The standard InChI is InChI=1S/C19H21F2N5O3/c1-4-6-15(29-19(22)28)12-7-8-23-13(9-12)16-14(10-24-26(16)18(20)21)25-17(27)11(3)5-2/h4-5,7-11,15,18H,1-2,6H2,3H3,(H2,22,28)(H,25,27)/t11-,15+/m1/s1. The van der Waals surface area contributed by atoms with Crippen molar-refractivity contribution in [3.8, 4) is 11.4 Å². The van der Waals surface area contributed by atoms with E-state index < -0.39 is 30.6 Å². The molecule has 0 saturated carbocycles. The van der Waals surface area contributed by atoms with Crippen molar-refractivity contribution in [2.45, 2.75) is 26.0 Å². The minimum atomic E-state index is -2.97. The summed E-state index contributed by atoms with van der Waals surface area (Å²) in [6.07, 6.45) is 3.93. The van der Waals surface area contributed by atoms with Crippen LogP contribution in [0.15, 0.2) is 49.8 Å². The molecule has 0 saturated heterocycles. The first kappa shape index (κ1) is 21.7. The number of hydrogen-bond donors (Lipinski definition) is 2. The summed E-state index contributed by atoms with van der Waals surface area (Å²) < 4.78 is 32.5. The number of nitrogens with one attached hydrogen (secondary N) is 1. The zero-order chi connectivity index (χ0) is 21.6. The Bertz CT molecular complexity index is 913. The van der Waals surface area contributed by atoms with Gasteiger partial charge in [-0.15, -0.1) is 13.2 Å². The molecule has 3 N–H and O–H groups in total. The van der Waals surface area contributed by atoms with E-state index in [-0.39, 0.29) is 23.5 Å². The average Bonchev–Trinajstić information content (AvgIpc) is 3.10. The second-order valence-corrected chi connectivity index (χ2v) is 6.07. The van der Waals surface area contributed by atoms with E-state index in [0.717, 1.165) is 6.20 Å². The van der Waals surface area contributed by atoms with E-state index in [0.29, 0.717) is 10.2 Å². The van der Waals surface area contributed by atoms with Crippen molar-refractivity contribution in [1.82, 2.24) is 14.8 Å². The normalized spacial score (nSPS) is 12.8. The van der Waals surface area contributed by atoms with Gasteiger partial charge in [0, 0.05) is 12.6 Å². The molecule has 0 aromatic carbocycles. The van der Waals surface area contributed by atoms with Crippen LogP contribution in [0.2, 0.25) is 0 Å². The molecule has 0 bridgehead atoms. The lowest BCUT2D eigenvalue weighted by molar-refractivity contribution is -0.118. The van der Waals surface area contributed by atoms with Crippen LogP contribution in [0.25, 0.3) is 11.4 Å². The minimum Gasteiger partial charge on any atom is -0.441 e. The van der Waals surface area contributed by atoms with Gasteiger partial charge in [-0.05, 0) is 17.7 Å². The first-order valence-corrected chi connectivity index (χ1v) is 8.60. The van der Waals surface area contributed by atoms with Crippen LogP contribution in [0.3, 0.4) is 0 Å². The molecule has 0 aliphatic carbocycles. The first-order chi connectivity index (χ1) is 13.8. The molecule has 29 heavy (non-hydrogen) atoms. The quantitative estimate of drug-likeness (QED) is 0.616. The van der Waals surface area contributed by atoms with Gasteiger partial charge in [0.1, 0.15) is 11.8 Å². The van der Waals surface area contributed by atoms with E-state index in [1.54, 1.807) is 13.0 Å². The number of ether oxygens (including phenoxy) is 1. The van der Waals surface area contributed by atoms with Gasteiger partial charge < -0.3 is 15.8 Å².